The second kappa shape index (κ2) is 7.38. The van der Waals surface area contributed by atoms with Crippen LogP contribution >= 0.6 is 11.3 Å². The molecule has 0 atom stereocenters. The number of Topliss-reactive ketones (excluding diaryl/α,β-unsaturated/α-hetero) is 1. The number of aromatic nitrogens is 1. The van der Waals surface area contributed by atoms with Gasteiger partial charge >= 0.3 is 6.18 Å². The van der Waals surface area contributed by atoms with Gasteiger partial charge in [0.1, 0.15) is 21.3 Å². The third-order valence-electron chi connectivity index (χ3n) is 4.45. The molecule has 3 rings (SSSR count). The zero-order valence-corrected chi connectivity index (χ0v) is 16.2. The fourth-order valence-electron chi connectivity index (χ4n) is 2.87. The van der Waals surface area contributed by atoms with Gasteiger partial charge in [-0.05, 0) is 25.0 Å². The Kier molecular flexibility index (Phi) is 5.29. The van der Waals surface area contributed by atoms with Crippen LogP contribution in [0, 0.1) is 13.8 Å². The average Bonchev–Trinajstić information content (AvgIpc) is 3.22. The monoisotopic (exact) mass is 410 g/mol. The van der Waals surface area contributed by atoms with Crippen LogP contribution in [0.1, 0.15) is 37.1 Å². The SMILES string of the molecule is CNC(=O)c1nc(CC(=O)Cc2coc3c(C)c(C)ccc23)sc1C(F)(F)F. The van der Waals surface area contributed by atoms with Crippen LogP contribution in [0.3, 0.4) is 0 Å². The molecule has 0 aliphatic heterocycles. The zero-order chi connectivity index (χ0) is 20.6. The zero-order valence-electron chi connectivity index (χ0n) is 15.4. The molecule has 0 aliphatic rings. The highest BCUT2D eigenvalue weighted by Crippen LogP contribution is 2.37. The number of ketones is 1. The summed E-state index contributed by atoms with van der Waals surface area (Å²) >= 11 is 0.318. The average molecular weight is 410 g/mol. The van der Waals surface area contributed by atoms with Crippen molar-refractivity contribution in [2.24, 2.45) is 0 Å². The Bertz CT molecular complexity index is 1070. The van der Waals surface area contributed by atoms with Crippen molar-refractivity contribution in [1.29, 1.82) is 0 Å². The van der Waals surface area contributed by atoms with Crippen LogP contribution in [0.5, 0.6) is 0 Å². The van der Waals surface area contributed by atoms with Crippen molar-refractivity contribution >= 4 is 34.0 Å². The minimum atomic E-state index is -4.71. The van der Waals surface area contributed by atoms with Crippen LogP contribution < -0.4 is 5.32 Å². The van der Waals surface area contributed by atoms with Crippen molar-refractivity contribution in [2.75, 3.05) is 7.05 Å². The van der Waals surface area contributed by atoms with Crippen LogP contribution in [0.15, 0.2) is 22.8 Å². The van der Waals surface area contributed by atoms with E-state index >= 15 is 0 Å². The highest BCUT2D eigenvalue weighted by molar-refractivity contribution is 7.12. The number of aryl methyl sites for hydroxylation is 2. The molecule has 0 saturated heterocycles. The fourth-order valence-corrected chi connectivity index (χ4v) is 3.83. The van der Waals surface area contributed by atoms with E-state index in [1.54, 1.807) is 0 Å². The van der Waals surface area contributed by atoms with Crippen LogP contribution in [-0.2, 0) is 23.8 Å². The van der Waals surface area contributed by atoms with E-state index in [2.05, 4.69) is 10.3 Å². The van der Waals surface area contributed by atoms with E-state index in [1.807, 2.05) is 26.0 Å². The Balaban J connectivity index is 1.83. The normalized spacial score (nSPS) is 11.8. The molecule has 0 spiro atoms. The van der Waals surface area contributed by atoms with Gasteiger partial charge in [0.25, 0.3) is 5.91 Å². The number of carbonyl (C=O) groups is 2. The van der Waals surface area contributed by atoms with Gasteiger partial charge in [-0.3, -0.25) is 9.59 Å². The molecule has 2 aromatic heterocycles. The Hall–Kier alpha value is -2.68. The van der Waals surface area contributed by atoms with Gasteiger partial charge in [-0.15, -0.1) is 11.3 Å². The van der Waals surface area contributed by atoms with E-state index in [0.29, 0.717) is 22.5 Å². The standard InChI is InChI=1S/C19H17F3N2O3S/c1-9-4-5-13-11(8-27-16(13)10(9)2)6-12(25)7-14-24-15(18(26)23-3)17(28-14)19(20,21)22/h4-5,8H,6-7H2,1-3H3,(H,23,26). The first kappa shape index (κ1) is 20.1. The third-order valence-corrected chi connectivity index (χ3v) is 5.55. The molecular formula is C19H17F3N2O3S. The highest BCUT2D eigenvalue weighted by Gasteiger charge is 2.39. The number of thiazole rings is 1. The van der Waals surface area contributed by atoms with Crippen LogP contribution in [0.25, 0.3) is 11.0 Å². The Labute approximate surface area is 162 Å². The quantitative estimate of drug-likeness (QED) is 0.683. The minimum absolute atomic E-state index is 0.00569. The lowest BCUT2D eigenvalue weighted by molar-refractivity contribution is -0.134. The lowest BCUT2D eigenvalue weighted by atomic mass is 10.0. The number of benzene rings is 1. The molecule has 28 heavy (non-hydrogen) atoms. The van der Waals surface area contributed by atoms with Crippen LogP contribution in [0.2, 0.25) is 0 Å². The first-order valence-corrected chi connectivity index (χ1v) is 9.20. The Morgan fingerprint density at radius 3 is 2.57 bits per heavy atom. The molecule has 0 fully saturated rings. The third kappa shape index (κ3) is 3.80. The molecule has 0 aliphatic carbocycles. The van der Waals surface area contributed by atoms with Gasteiger partial charge in [0.05, 0.1) is 12.7 Å². The lowest BCUT2D eigenvalue weighted by Gasteiger charge is -2.04. The number of rotatable bonds is 5. The first-order valence-electron chi connectivity index (χ1n) is 8.38. The van der Waals surface area contributed by atoms with Gasteiger partial charge in [0.2, 0.25) is 0 Å². The predicted molar refractivity (Wildman–Crippen MR) is 98.6 cm³/mol. The predicted octanol–water partition coefficient (Wildman–Crippen LogP) is 4.24. The number of halogens is 3. The number of alkyl halides is 3. The molecule has 0 unspecified atom stereocenters. The van der Waals surface area contributed by atoms with Crippen molar-refractivity contribution in [3.63, 3.8) is 0 Å². The van der Waals surface area contributed by atoms with Gasteiger partial charge in [-0.25, -0.2) is 4.98 Å². The van der Waals surface area contributed by atoms with Crippen molar-refractivity contribution in [3.05, 3.63) is 50.7 Å². The first-order chi connectivity index (χ1) is 13.1. The topological polar surface area (TPSA) is 72.2 Å². The van der Waals surface area contributed by atoms with E-state index < -0.39 is 22.7 Å². The van der Waals surface area contributed by atoms with E-state index in [4.69, 9.17) is 4.42 Å². The molecule has 148 valence electrons. The van der Waals surface area contributed by atoms with E-state index in [9.17, 15) is 22.8 Å². The maximum atomic E-state index is 13.1. The molecule has 5 nitrogen and oxygen atoms in total. The van der Waals surface area contributed by atoms with Gasteiger partial charge in [-0.2, -0.15) is 13.2 Å². The molecule has 1 N–H and O–H groups in total. The van der Waals surface area contributed by atoms with Crippen molar-refractivity contribution in [3.8, 4) is 0 Å². The lowest BCUT2D eigenvalue weighted by Crippen LogP contribution is -2.22. The number of fused-ring (bicyclic) bond motifs is 1. The summed E-state index contributed by atoms with van der Waals surface area (Å²) in [6.45, 7) is 3.87. The molecule has 2 heterocycles. The molecule has 1 amide bonds. The van der Waals surface area contributed by atoms with Gasteiger partial charge < -0.3 is 9.73 Å². The summed E-state index contributed by atoms with van der Waals surface area (Å²) in [5.74, 6) is -1.25. The van der Waals surface area contributed by atoms with Crippen molar-refractivity contribution in [1.82, 2.24) is 10.3 Å². The summed E-state index contributed by atoms with van der Waals surface area (Å²) < 4.78 is 45.0. The maximum Gasteiger partial charge on any atom is 0.427 e. The summed E-state index contributed by atoms with van der Waals surface area (Å²) in [6.07, 6.45) is -3.50. The second-order valence-corrected chi connectivity index (χ2v) is 7.48. The summed E-state index contributed by atoms with van der Waals surface area (Å²) in [5, 5.41) is 2.89. The van der Waals surface area contributed by atoms with Gasteiger partial charge in [0.15, 0.2) is 5.69 Å². The molecular weight excluding hydrogens is 393 g/mol. The number of nitrogens with one attached hydrogen (secondary N) is 1. The summed E-state index contributed by atoms with van der Waals surface area (Å²) in [5.41, 5.74) is 2.69. The van der Waals surface area contributed by atoms with E-state index in [-0.39, 0.29) is 23.6 Å². The smallest absolute Gasteiger partial charge is 0.427 e. The molecule has 3 aromatic rings. The summed E-state index contributed by atoms with van der Waals surface area (Å²) in [4.78, 5) is 26.8. The number of nitrogens with zero attached hydrogens (tertiary/aromatic N) is 1. The number of carbonyl (C=O) groups excluding carboxylic acids is 2. The van der Waals surface area contributed by atoms with Gasteiger partial charge in [0, 0.05) is 24.4 Å². The van der Waals surface area contributed by atoms with Gasteiger partial charge in [-0.1, -0.05) is 12.1 Å². The molecule has 1 aromatic carbocycles. The Morgan fingerprint density at radius 2 is 1.93 bits per heavy atom. The number of amides is 1. The number of furan rings is 1. The van der Waals surface area contributed by atoms with Crippen molar-refractivity contribution in [2.45, 2.75) is 32.9 Å². The molecule has 9 heteroatoms. The van der Waals surface area contributed by atoms with E-state index in [1.165, 1.54) is 13.3 Å². The number of hydrogen-bond acceptors (Lipinski definition) is 5. The largest absolute Gasteiger partial charge is 0.464 e. The summed E-state index contributed by atoms with van der Waals surface area (Å²) in [7, 11) is 1.22. The summed E-state index contributed by atoms with van der Waals surface area (Å²) in [6, 6.07) is 3.78. The molecule has 0 saturated carbocycles. The molecule has 0 radical (unpaired) electrons. The second-order valence-electron chi connectivity index (χ2n) is 6.40. The fraction of sp³-hybridized carbons (Fsp3) is 0.316. The Morgan fingerprint density at radius 1 is 1.21 bits per heavy atom. The number of hydrogen-bond donors (Lipinski definition) is 1. The van der Waals surface area contributed by atoms with E-state index in [0.717, 1.165) is 16.5 Å². The highest BCUT2D eigenvalue weighted by atomic mass is 32.1. The maximum absolute atomic E-state index is 13.1. The van der Waals surface area contributed by atoms with Crippen LogP contribution in [-0.4, -0.2) is 23.7 Å². The van der Waals surface area contributed by atoms with Crippen LogP contribution in [0.4, 0.5) is 13.2 Å². The molecule has 0 bridgehead atoms. The minimum Gasteiger partial charge on any atom is -0.464 e. The van der Waals surface area contributed by atoms with Crippen molar-refractivity contribution < 1.29 is 27.2 Å².